The van der Waals surface area contributed by atoms with Crippen molar-refractivity contribution in [3.05, 3.63) is 10.4 Å². The van der Waals surface area contributed by atoms with Crippen molar-refractivity contribution in [1.82, 2.24) is 4.90 Å². The zero-order chi connectivity index (χ0) is 33.0. The number of likely N-dealkylation sites (N-methyl/N-ethyl adjacent to an activating group) is 1. The maximum atomic E-state index is 13.8. The molecule has 2 aliphatic heterocycles. The van der Waals surface area contributed by atoms with Crippen LogP contribution >= 0.6 is 0 Å². The molecule has 2 heterocycles. The number of carbonyl (C=O) groups is 3. The number of methoxy groups -OCH3 is 1. The minimum atomic E-state index is -2.21. The van der Waals surface area contributed by atoms with E-state index in [1.54, 1.807) is 20.8 Å². The predicted octanol–water partition coefficient (Wildman–Crippen LogP) is 1.62. The molecule has 13 atom stereocenters. The number of Topliss-reactive ketones (excluding diaryl/α,β-unsaturated/α-hetero) is 2. The van der Waals surface area contributed by atoms with E-state index in [-0.39, 0.29) is 18.6 Å². The number of esters is 1. The average molecular weight is 615 g/mol. The molecule has 0 aromatic carbocycles. The quantitative estimate of drug-likeness (QED) is 0.129. The van der Waals surface area contributed by atoms with Crippen LogP contribution in [-0.2, 0) is 33.3 Å². The predicted molar refractivity (Wildman–Crippen MR) is 155 cm³/mol. The standard InChI is InChI=1S/C29H50N4O10/c1-14-12-28(6,40-10)25(43-27-23(36)19(33(8)9)11-15(2)41-27)17(4)22(35)18(5)26(38)42-20(13-31-32-30)29(7,39)24(37)16(3)21(14)34/h14-20,23-25,27,36-37,39H,11-13H2,1-10H3/t14-,15?,16+,17+,18-,19?,20-,23?,24-,25-,27?,28-,29-/m1/s1. The van der Waals surface area contributed by atoms with E-state index in [1.165, 1.54) is 27.9 Å². The summed E-state index contributed by atoms with van der Waals surface area (Å²) in [5.41, 5.74) is 5.34. The van der Waals surface area contributed by atoms with Crippen molar-refractivity contribution in [2.45, 2.75) is 115 Å². The van der Waals surface area contributed by atoms with Gasteiger partial charge in [0, 0.05) is 35.8 Å². The lowest BCUT2D eigenvalue weighted by Gasteiger charge is -2.47. The maximum absolute atomic E-state index is 13.8. The Labute approximate surface area is 253 Å². The molecule has 246 valence electrons. The molecule has 0 aliphatic carbocycles. The monoisotopic (exact) mass is 614 g/mol. The summed E-state index contributed by atoms with van der Waals surface area (Å²) in [6, 6.07) is -0.301. The number of hydrogen-bond donors (Lipinski definition) is 3. The van der Waals surface area contributed by atoms with Crippen LogP contribution in [0.5, 0.6) is 0 Å². The van der Waals surface area contributed by atoms with Gasteiger partial charge in [-0.1, -0.05) is 25.9 Å². The molecule has 0 radical (unpaired) electrons. The Hall–Kier alpha value is -2.16. The summed E-state index contributed by atoms with van der Waals surface area (Å²) in [6.45, 7) is 10.1. The number of hydrogen-bond acceptors (Lipinski definition) is 12. The third kappa shape index (κ3) is 8.12. The highest BCUT2D eigenvalue weighted by molar-refractivity contribution is 6.00. The van der Waals surface area contributed by atoms with Gasteiger partial charge in [-0.25, -0.2) is 0 Å². The van der Waals surface area contributed by atoms with Gasteiger partial charge in [0.1, 0.15) is 29.5 Å². The zero-order valence-electron chi connectivity index (χ0n) is 27.0. The van der Waals surface area contributed by atoms with Gasteiger partial charge in [-0.05, 0) is 60.2 Å². The molecule has 2 saturated heterocycles. The van der Waals surface area contributed by atoms with Crippen molar-refractivity contribution < 1.29 is 48.7 Å². The van der Waals surface area contributed by atoms with Gasteiger partial charge in [0.25, 0.3) is 0 Å². The van der Waals surface area contributed by atoms with Crippen LogP contribution in [-0.4, -0.2) is 120 Å². The Bertz CT molecular complexity index is 1050. The van der Waals surface area contributed by atoms with Crippen molar-refractivity contribution in [3.8, 4) is 0 Å². The summed E-state index contributed by atoms with van der Waals surface area (Å²) in [5, 5.41) is 37.0. The van der Waals surface area contributed by atoms with Gasteiger partial charge in [-0.15, -0.1) is 0 Å². The second kappa shape index (κ2) is 14.7. The van der Waals surface area contributed by atoms with Crippen molar-refractivity contribution in [2.75, 3.05) is 27.7 Å². The highest BCUT2D eigenvalue weighted by Crippen LogP contribution is 2.38. The van der Waals surface area contributed by atoms with Gasteiger partial charge in [0.05, 0.1) is 30.5 Å². The van der Waals surface area contributed by atoms with Crippen LogP contribution in [0.4, 0.5) is 0 Å². The summed E-state index contributed by atoms with van der Waals surface area (Å²) in [7, 11) is 5.08. The summed E-state index contributed by atoms with van der Waals surface area (Å²) in [6.07, 6.45) is -6.32. The highest BCUT2D eigenvalue weighted by atomic mass is 16.7. The minimum Gasteiger partial charge on any atom is -0.459 e. The summed E-state index contributed by atoms with van der Waals surface area (Å²) in [5.74, 6) is -6.34. The Balaban J connectivity index is 2.64. The molecule has 2 fully saturated rings. The van der Waals surface area contributed by atoms with Gasteiger partial charge in [-0.3, -0.25) is 14.4 Å². The van der Waals surface area contributed by atoms with E-state index in [1.807, 2.05) is 25.9 Å². The second-order valence-electron chi connectivity index (χ2n) is 12.9. The molecule has 3 N–H and O–H groups in total. The Morgan fingerprint density at radius 3 is 2.21 bits per heavy atom. The fourth-order valence-electron chi connectivity index (χ4n) is 6.27. The van der Waals surface area contributed by atoms with Gasteiger partial charge >= 0.3 is 5.97 Å². The normalized spacial score (nSPS) is 44.0. The molecule has 0 spiro atoms. The third-order valence-electron chi connectivity index (χ3n) is 9.25. The Kier molecular flexibility index (Phi) is 12.7. The SMILES string of the molecule is CO[C@]1(C)C[C@@H](C)C(=O)[C@H](C)[C@@H](O)[C@](C)(O)[C@@H](CN=[N+]=[N-])OC(=O)[C@H](C)C(=O)[C@H](C)[C@H]1OC1OC(C)CC(N(C)C)C1O. The minimum absolute atomic E-state index is 0.0281. The van der Waals surface area contributed by atoms with E-state index in [4.69, 9.17) is 24.5 Å². The first-order valence-electron chi connectivity index (χ1n) is 14.7. The van der Waals surface area contributed by atoms with Gasteiger partial charge in [0.15, 0.2) is 12.1 Å². The van der Waals surface area contributed by atoms with Crippen LogP contribution in [0.3, 0.4) is 0 Å². The number of ketones is 2. The van der Waals surface area contributed by atoms with Crippen LogP contribution in [0.15, 0.2) is 5.11 Å². The van der Waals surface area contributed by atoms with Crippen LogP contribution in [0.2, 0.25) is 0 Å². The second-order valence-corrected chi connectivity index (χ2v) is 12.9. The number of azide groups is 1. The van der Waals surface area contributed by atoms with E-state index >= 15 is 0 Å². The fraction of sp³-hybridized carbons (Fsp3) is 0.897. The molecule has 43 heavy (non-hydrogen) atoms. The number of carbonyl (C=O) groups excluding carboxylic acids is 3. The highest BCUT2D eigenvalue weighted by Gasteiger charge is 2.52. The smallest absolute Gasteiger partial charge is 0.316 e. The summed E-state index contributed by atoms with van der Waals surface area (Å²) >= 11 is 0. The Morgan fingerprint density at radius 2 is 1.67 bits per heavy atom. The molecule has 0 amide bonds. The van der Waals surface area contributed by atoms with E-state index < -0.39 is 89.7 Å². The molecule has 2 aliphatic rings. The lowest BCUT2D eigenvalue weighted by molar-refractivity contribution is -0.295. The number of cyclic esters (lactones) is 1. The molecular weight excluding hydrogens is 564 g/mol. The number of nitrogens with zero attached hydrogens (tertiary/aromatic N) is 4. The average Bonchev–Trinajstić information content (AvgIpc) is 2.95. The van der Waals surface area contributed by atoms with Gasteiger partial charge in [0.2, 0.25) is 0 Å². The Morgan fingerprint density at radius 1 is 1.07 bits per heavy atom. The van der Waals surface area contributed by atoms with Crippen molar-refractivity contribution in [1.29, 1.82) is 0 Å². The topological polar surface area (TPSA) is 201 Å². The fourth-order valence-corrected chi connectivity index (χ4v) is 6.27. The van der Waals surface area contributed by atoms with Crippen LogP contribution in [0.1, 0.15) is 61.3 Å². The number of aliphatic hydroxyl groups is 3. The molecule has 14 heteroatoms. The van der Waals surface area contributed by atoms with Gasteiger partial charge < -0.3 is 39.2 Å². The number of rotatable bonds is 6. The first kappa shape index (κ1) is 37.0. The first-order valence-corrected chi connectivity index (χ1v) is 14.7. The van der Waals surface area contributed by atoms with E-state index in [0.29, 0.717) is 6.42 Å². The van der Waals surface area contributed by atoms with E-state index in [9.17, 15) is 29.7 Å². The summed E-state index contributed by atoms with van der Waals surface area (Å²) < 4.78 is 23.8. The molecule has 14 nitrogen and oxygen atoms in total. The lowest BCUT2D eigenvalue weighted by atomic mass is 9.74. The van der Waals surface area contributed by atoms with Crippen molar-refractivity contribution >= 4 is 17.5 Å². The summed E-state index contributed by atoms with van der Waals surface area (Å²) in [4.78, 5) is 45.2. The molecule has 0 saturated carbocycles. The van der Waals surface area contributed by atoms with E-state index in [2.05, 4.69) is 10.0 Å². The molecule has 4 unspecified atom stereocenters. The molecule has 0 aromatic rings. The van der Waals surface area contributed by atoms with Gasteiger partial charge in [-0.2, -0.15) is 0 Å². The number of aliphatic hydroxyl groups excluding tert-OH is 2. The van der Waals surface area contributed by atoms with Crippen LogP contribution in [0.25, 0.3) is 10.4 Å². The zero-order valence-corrected chi connectivity index (χ0v) is 27.0. The van der Waals surface area contributed by atoms with Crippen molar-refractivity contribution in [2.24, 2.45) is 28.8 Å². The van der Waals surface area contributed by atoms with Crippen LogP contribution in [0, 0.1) is 23.7 Å². The maximum Gasteiger partial charge on any atom is 0.316 e. The molecule has 2 rings (SSSR count). The number of ether oxygens (including phenoxy) is 4. The van der Waals surface area contributed by atoms with Crippen LogP contribution < -0.4 is 0 Å². The lowest BCUT2D eigenvalue weighted by Crippen LogP contribution is -2.60. The first-order chi connectivity index (χ1) is 19.8. The largest absolute Gasteiger partial charge is 0.459 e. The molecule has 0 bridgehead atoms. The van der Waals surface area contributed by atoms with Crippen molar-refractivity contribution in [3.63, 3.8) is 0 Å². The van der Waals surface area contributed by atoms with E-state index in [0.717, 1.165) is 0 Å². The molecule has 0 aromatic heterocycles. The third-order valence-corrected chi connectivity index (χ3v) is 9.25. The molecular formula is C29H50N4O10.